The molecule has 1 amide bonds. The van der Waals surface area contributed by atoms with E-state index in [1.807, 2.05) is 6.07 Å². The Bertz CT molecular complexity index is 1160. The van der Waals surface area contributed by atoms with Gasteiger partial charge >= 0.3 is 11.9 Å². The number of ether oxygens (including phenoxy) is 3. The summed E-state index contributed by atoms with van der Waals surface area (Å²) in [6, 6.07) is 8.77. The van der Waals surface area contributed by atoms with Crippen LogP contribution in [-0.4, -0.2) is 56.2 Å². The first-order valence-corrected chi connectivity index (χ1v) is 10.4. The van der Waals surface area contributed by atoms with Gasteiger partial charge in [-0.15, -0.1) is 0 Å². The number of hydrogen-bond acceptors (Lipinski definition) is 9. The molecule has 0 spiro atoms. The predicted octanol–water partition coefficient (Wildman–Crippen LogP) is 2.25. The summed E-state index contributed by atoms with van der Waals surface area (Å²) < 4.78 is 18.3. The molecule has 1 aromatic carbocycles. The first kappa shape index (κ1) is 22.3. The predicted molar refractivity (Wildman–Crippen MR) is 115 cm³/mol. The third-order valence-corrected chi connectivity index (χ3v) is 5.15. The molecular weight excluding hydrogens is 430 g/mol. The van der Waals surface area contributed by atoms with Crippen LogP contribution >= 0.6 is 0 Å². The smallest absolute Gasteiger partial charge is 0.302 e. The van der Waals surface area contributed by atoms with Crippen molar-refractivity contribution >= 4 is 34.8 Å². The minimum absolute atomic E-state index is 0.0518. The molecule has 3 atom stereocenters. The Morgan fingerprint density at radius 2 is 1.88 bits per heavy atom. The minimum Gasteiger partial charge on any atom is -0.463 e. The Morgan fingerprint density at radius 1 is 1.09 bits per heavy atom. The lowest BCUT2D eigenvalue weighted by Gasteiger charge is -2.35. The molecule has 1 saturated heterocycles. The van der Waals surface area contributed by atoms with Crippen LogP contribution < -0.4 is 5.32 Å². The minimum atomic E-state index is -0.645. The maximum absolute atomic E-state index is 12.5. The highest BCUT2D eigenvalue weighted by atomic mass is 16.6. The molecule has 172 valence electrons. The summed E-state index contributed by atoms with van der Waals surface area (Å²) in [4.78, 5) is 48.1. The molecule has 3 aromatic rings. The molecule has 0 bridgehead atoms. The topological polar surface area (TPSA) is 135 Å². The Balaban J connectivity index is 1.56. The summed E-state index contributed by atoms with van der Waals surface area (Å²) in [5.74, 6) is -0.932. The number of imidazole rings is 1. The molecule has 3 heterocycles. The van der Waals surface area contributed by atoms with Gasteiger partial charge in [0.1, 0.15) is 31.4 Å². The SMILES string of the molecule is CC(=O)OC[C@@H]1O[C@@H](n2cnc3c(NC(=O)c4ccccc4)ncnc32)CC[C@H]1OC(C)=O. The summed E-state index contributed by atoms with van der Waals surface area (Å²) in [5.41, 5.74) is 1.36. The van der Waals surface area contributed by atoms with Gasteiger partial charge in [0, 0.05) is 19.4 Å². The molecule has 11 heteroatoms. The van der Waals surface area contributed by atoms with Crippen molar-refractivity contribution in [3.05, 3.63) is 48.5 Å². The molecule has 0 unspecified atom stereocenters. The normalized spacial score (nSPS) is 20.2. The summed E-state index contributed by atoms with van der Waals surface area (Å²) in [6.07, 6.45) is 2.22. The van der Waals surface area contributed by atoms with Crippen LogP contribution in [0.3, 0.4) is 0 Å². The lowest BCUT2D eigenvalue weighted by molar-refractivity contribution is -0.191. The number of nitrogens with zero attached hydrogens (tertiary/aromatic N) is 4. The van der Waals surface area contributed by atoms with Gasteiger partial charge in [-0.25, -0.2) is 15.0 Å². The quantitative estimate of drug-likeness (QED) is 0.558. The molecule has 33 heavy (non-hydrogen) atoms. The van der Waals surface area contributed by atoms with E-state index in [2.05, 4.69) is 20.3 Å². The van der Waals surface area contributed by atoms with E-state index < -0.39 is 30.4 Å². The Kier molecular flexibility index (Phi) is 6.59. The number of rotatable bonds is 6. The number of hydrogen-bond donors (Lipinski definition) is 1. The van der Waals surface area contributed by atoms with Crippen LogP contribution in [0.5, 0.6) is 0 Å². The number of nitrogens with one attached hydrogen (secondary N) is 1. The van der Waals surface area contributed by atoms with Crippen LogP contribution in [0.2, 0.25) is 0 Å². The van der Waals surface area contributed by atoms with Crippen molar-refractivity contribution in [3.8, 4) is 0 Å². The number of esters is 2. The molecule has 1 aliphatic heterocycles. The van der Waals surface area contributed by atoms with Gasteiger partial charge in [-0.2, -0.15) is 0 Å². The second-order valence-corrected chi connectivity index (χ2v) is 7.52. The van der Waals surface area contributed by atoms with Crippen LogP contribution in [0.4, 0.5) is 5.82 Å². The molecule has 4 rings (SSSR count). The van der Waals surface area contributed by atoms with Gasteiger partial charge in [0.2, 0.25) is 0 Å². The van der Waals surface area contributed by atoms with Gasteiger partial charge in [-0.1, -0.05) is 18.2 Å². The van der Waals surface area contributed by atoms with Gasteiger partial charge in [0.15, 0.2) is 17.0 Å². The summed E-state index contributed by atoms with van der Waals surface area (Å²) in [5, 5.41) is 2.77. The van der Waals surface area contributed by atoms with E-state index in [1.165, 1.54) is 20.2 Å². The molecule has 1 fully saturated rings. The molecule has 1 N–H and O–H groups in total. The number of fused-ring (bicyclic) bond motifs is 1. The number of amides is 1. The number of aromatic nitrogens is 4. The van der Waals surface area contributed by atoms with Crippen LogP contribution in [0.1, 0.15) is 43.3 Å². The fourth-order valence-corrected chi connectivity index (χ4v) is 3.67. The van der Waals surface area contributed by atoms with E-state index in [4.69, 9.17) is 14.2 Å². The first-order chi connectivity index (χ1) is 15.9. The highest BCUT2D eigenvalue weighted by Gasteiger charge is 2.36. The number of benzene rings is 1. The third kappa shape index (κ3) is 5.14. The first-order valence-electron chi connectivity index (χ1n) is 10.4. The monoisotopic (exact) mass is 453 g/mol. The Morgan fingerprint density at radius 3 is 2.61 bits per heavy atom. The summed E-state index contributed by atoms with van der Waals surface area (Å²) in [7, 11) is 0. The van der Waals surface area contributed by atoms with E-state index in [-0.39, 0.29) is 18.3 Å². The molecule has 2 aromatic heterocycles. The lowest BCUT2D eigenvalue weighted by Crippen LogP contribution is -2.43. The molecule has 0 radical (unpaired) electrons. The average molecular weight is 453 g/mol. The van der Waals surface area contributed by atoms with E-state index in [0.717, 1.165) is 0 Å². The lowest BCUT2D eigenvalue weighted by atomic mass is 10.0. The fraction of sp³-hybridized carbons (Fsp3) is 0.364. The van der Waals surface area contributed by atoms with Crippen molar-refractivity contribution in [2.24, 2.45) is 0 Å². The van der Waals surface area contributed by atoms with Crippen molar-refractivity contribution in [1.29, 1.82) is 0 Å². The van der Waals surface area contributed by atoms with E-state index >= 15 is 0 Å². The van der Waals surface area contributed by atoms with E-state index in [0.29, 0.717) is 29.6 Å². The standard InChI is InChI=1S/C22H23N5O6/c1-13(28)31-10-17-16(32-14(2)29)8-9-18(33-17)27-12-25-19-20(23-11-24-21(19)27)26-22(30)15-6-4-3-5-7-15/h3-7,11-12,16-18H,8-10H2,1-2H3,(H,23,24,26,30)/t16-,17+,18-/m1/s1. The molecule has 11 nitrogen and oxygen atoms in total. The Labute approximate surface area is 189 Å². The number of carbonyl (C=O) groups is 3. The second kappa shape index (κ2) is 9.74. The van der Waals surface area contributed by atoms with Gasteiger partial charge in [-0.3, -0.25) is 19.0 Å². The van der Waals surface area contributed by atoms with Crippen LogP contribution in [0.15, 0.2) is 43.0 Å². The highest BCUT2D eigenvalue weighted by molar-refractivity contribution is 6.06. The van der Waals surface area contributed by atoms with Gasteiger partial charge in [0.05, 0.1) is 6.33 Å². The number of anilines is 1. The van der Waals surface area contributed by atoms with Crippen LogP contribution in [0, 0.1) is 0 Å². The Hall–Kier alpha value is -3.86. The summed E-state index contributed by atoms with van der Waals surface area (Å²) in [6.45, 7) is 2.57. The zero-order valence-corrected chi connectivity index (χ0v) is 18.1. The van der Waals surface area contributed by atoms with Gasteiger partial charge in [0.25, 0.3) is 5.91 Å². The molecule has 0 saturated carbocycles. The van der Waals surface area contributed by atoms with E-state index in [9.17, 15) is 14.4 Å². The maximum atomic E-state index is 12.5. The van der Waals surface area contributed by atoms with Crippen molar-refractivity contribution < 1.29 is 28.6 Å². The zero-order chi connectivity index (χ0) is 23.4. The fourth-order valence-electron chi connectivity index (χ4n) is 3.67. The van der Waals surface area contributed by atoms with Crippen LogP contribution in [0.25, 0.3) is 11.2 Å². The molecule has 0 aliphatic carbocycles. The van der Waals surface area contributed by atoms with Crippen molar-refractivity contribution in [3.63, 3.8) is 0 Å². The van der Waals surface area contributed by atoms with Gasteiger partial charge < -0.3 is 19.5 Å². The van der Waals surface area contributed by atoms with Crippen molar-refractivity contribution in [2.45, 2.75) is 45.1 Å². The molecular formula is C22H23N5O6. The maximum Gasteiger partial charge on any atom is 0.302 e. The highest BCUT2D eigenvalue weighted by Crippen LogP contribution is 2.32. The largest absolute Gasteiger partial charge is 0.463 e. The van der Waals surface area contributed by atoms with Crippen molar-refractivity contribution in [1.82, 2.24) is 19.5 Å². The average Bonchev–Trinajstić information content (AvgIpc) is 3.24. The third-order valence-electron chi connectivity index (χ3n) is 5.15. The van der Waals surface area contributed by atoms with Crippen molar-refractivity contribution in [2.75, 3.05) is 11.9 Å². The van der Waals surface area contributed by atoms with E-state index in [1.54, 1.807) is 35.2 Å². The zero-order valence-electron chi connectivity index (χ0n) is 18.1. The van der Waals surface area contributed by atoms with Crippen LogP contribution in [-0.2, 0) is 23.8 Å². The second-order valence-electron chi connectivity index (χ2n) is 7.52. The number of carbonyl (C=O) groups excluding carboxylic acids is 3. The molecule has 1 aliphatic rings. The summed E-state index contributed by atoms with van der Waals surface area (Å²) >= 11 is 0. The van der Waals surface area contributed by atoms with Gasteiger partial charge in [-0.05, 0) is 25.0 Å².